The second kappa shape index (κ2) is 5.19. The molecule has 0 spiro atoms. The van der Waals surface area contributed by atoms with Crippen LogP contribution >= 0.6 is 0 Å². The second-order valence-corrected chi connectivity index (χ2v) is 6.06. The Hall–Kier alpha value is -1.81. The van der Waals surface area contributed by atoms with Crippen LogP contribution in [0.1, 0.15) is 25.3 Å². The van der Waals surface area contributed by atoms with E-state index in [0.717, 1.165) is 19.4 Å². The Labute approximate surface area is 125 Å². The third-order valence-electron chi connectivity index (χ3n) is 4.91. The Balaban J connectivity index is 1.95. The van der Waals surface area contributed by atoms with E-state index < -0.39 is 0 Å². The second-order valence-electron chi connectivity index (χ2n) is 6.06. The van der Waals surface area contributed by atoms with Gasteiger partial charge in [-0.2, -0.15) is 0 Å². The summed E-state index contributed by atoms with van der Waals surface area (Å²) in [5, 5.41) is 3.63. The normalized spacial score (nSPS) is 28.0. The average molecular weight is 286 g/mol. The summed E-state index contributed by atoms with van der Waals surface area (Å²) in [4.78, 5) is 14.0. The highest BCUT2D eigenvalue weighted by atomic mass is 16.5. The molecule has 2 atom stereocenters. The van der Waals surface area contributed by atoms with Crippen LogP contribution in [0.15, 0.2) is 35.9 Å². The maximum atomic E-state index is 11.6. The Kier molecular flexibility index (Phi) is 3.49. The number of likely N-dealkylation sites (tertiary alicyclic amines) is 1. The number of carbonyl (C=O) groups is 1. The molecule has 1 aromatic rings. The highest BCUT2D eigenvalue weighted by molar-refractivity contribution is 5.87. The summed E-state index contributed by atoms with van der Waals surface area (Å²) >= 11 is 0. The number of carbonyl (C=O) groups excluding carboxylic acids is 1. The lowest BCUT2D eigenvalue weighted by Gasteiger charge is -2.30. The van der Waals surface area contributed by atoms with E-state index in [1.54, 1.807) is 0 Å². The van der Waals surface area contributed by atoms with E-state index in [9.17, 15) is 4.79 Å². The number of rotatable bonds is 3. The van der Waals surface area contributed by atoms with Crippen molar-refractivity contribution in [1.29, 1.82) is 0 Å². The van der Waals surface area contributed by atoms with Crippen LogP contribution < -0.4 is 5.32 Å². The first-order chi connectivity index (χ1) is 10.1. The molecule has 2 aliphatic heterocycles. The van der Waals surface area contributed by atoms with E-state index >= 15 is 0 Å². The van der Waals surface area contributed by atoms with Gasteiger partial charge in [0, 0.05) is 23.2 Å². The van der Waals surface area contributed by atoms with Gasteiger partial charge in [0.15, 0.2) is 0 Å². The number of likely N-dealkylation sites (N-methyl/N-ethyl adjacent to an activating group) is 1. The van der Waals surface area contributed by atoms with Crippen LogP contribution in [0.3, 0.4) is 0 Å². The third-order valence-corrected chi connectivity index (χ3v) is 4.91. The van der Waals surface area contributed by atoms with Gasteiger partial charge in [-0.3, -0.25) is 4.90 Å². The number of anilines is 1. The number of esters is 1. The Morgan fingerprint density at radius 1 is 1.52 bits per heavy atom. The summed E-state index contributed by atoms with van der Waals surface area (Å²) in [6.45, 7) is 2.89. The van der Waals surface area contributed by atoms with E-state index in [1.807, 2.05) is 13.0 Å². The molecule has 0 radical (unpaired) electrons. The fourth-order valence-electron chi connectivity index (χ4n) is 3.69. The van der Waals surface area contributed by atoms with Crippen molar-refractivity contribution in [3.63, 3.8) is 0 Å². The van der Waals surface area contributed by atoms with E-state index in [1.165, 1.54) is 18.4 Å². The van der Waals surface area contributed by atoms with Crippen LogP contribution in [0.2, 0.25) is 0 Å². The molecule has 0 bridgehead atoms. The number of methoxy groups -OCH3 is 1. The van der Waals surface area contributed by atoms with Gasteiger partial charge in [0.25, 0.3) is 0 Å². The first-order valence-corrected chi connectivity index (χ1v) is 7.40. The van der Waals surface area contributed by atoms with Crippen molar-refractivity contribution in [2.45, 2.75) is 31.3 Å². The molecule has 112 valence electrons. The van der Waals surface area contributed by atoms with Crippen LogP contribution in [0, 0.1) is 0 Å². The molecule has 1 N–H and O–H groups in total. The lowest BCUT2D eigenvalue weighted by Crippen LogP contribution is -2.41. The van der Waals surface area contributed by atoms with E-state index in [4.69, 9.17) is 4.74 Å². The largest absolute Gasteiger partial charge is 0.466 e. The number of nitrogens with zero attached hydrogens (tertiary/aromatic N) is 1. The highest BCUT2D eigenvalue weighted by Crippen LogP contribution is 2.50. The summed E-state index contributed by atoms with van der Waals surface area (Å²) in [6.07, 6.45) is 4.29. The zero-order valence-electron chi connectivity index (χ0n) is 12.8. The predicted molar refractivity (Wildman–Crippen MR) is 83.2 cm³/mol. The van der Waals surface area contributed by atoms with Crippen LogP contribution in [0.25, 0.3) is 0 Å². The molecular formula is C17H22N2O2. The molecule has 1 aromatic carbocycles. The van der Waals surface area contributed by atoms with Gasteiger partial charge >= 0.3 is 5.97 Å². The van der Waals surface area contributed by atoms with Crippen molar-refractivity contribution in [2.24, 2.45) is 0 Å². The summed E-state index contributed by atoms with van der Waals surface area (Å²) in [5.41, 5.74) is 3.33. The lowest BCUT2D eigenvalue weighted by atomic mass is 9.76. The monoisotopic (exact) mass is 286 g/mol. The minimum absolute atomic E-state index is 0.0562. The highest BCUT2D eigenvalue weighted by Gasteiger charge is 2.51. The maximum Gasteiger partial charge on any atom is 0.333 e. The fourth-order valence-corrected chi connectivity index (χ4v) is 3.69. The first-order valence-electron chi connectivity index (χ1n) is 7.40. The first kappa shape index (κ1) is 14.1. The number of hydrogen-bond donors (Lipinski definition) is 1. The molecule has 2 aliphatic rings. The maximum absolute atomic E-state index is 11.6. The van der Waals surface area contributed by atoms with Crippen molar-refractivity contribution < 1.29 is 9.53 Å². The van der Waals surface area contributed by atoms with Crippen LogP contribution in [-0.2, 0) is 14.9 Å². The third kappa shape index (κ3) is 2.14. The topological polar surface area (TPSA) is 41.6 Å². The van der Waals surface area contributed by atoms with E-state index in [2.05, 4.69) is 41.5 Å². The minimum atomic E-state index is -0.242. The van der Waals surface area contributed by atoms with E-state index in [-0.39, 0.29) is 11.4 Å². The summed E-state index contributed by atoms with van der Waals surface area (Å²) in [5.74, 6) is -0.242. The number of fused-ring (bicyclic) bond motifs is 3. The van der Waals surface area contributed by atoms with E-state index in [0.29, 0.717) is 11.7 Å². The van der Waals surface area contributed by atoms with Crippen LogP contribution in [0.5, 0.6) is 0 Å². The Morgan fingerprint density at radius 3 is 3.05 bits per heavy atom. The summed E-state index contributed by atoms with van der Waals surface area (Å²) in [6, 6.07) is 8.51. The van der Waals surface area contributed by atoms with Crippen LogP contribution in [0.4, 0.5) is 5.69 Å². The van der Waals surface area contributed by atoms with Crippen molar-refractivity contribution in [3.05, 3.63) is 41.5 Å². The molecule has 0 saturated carbocycles. The number of ether oxygens (including phenoxy) is 1. The molecule has 4 heteroatoms. The van der Waals surface area contributed by atoms with Crippen molar-refractivity contribution in [2.75, 3.05) is 26.0 Å². The molecule has 4 nitrogen and oxygen atoms in total. The number of nitrogens with one attached hydrogen (secondary N) is 1. The van der Waals surface area contributed by atoms with Gasteiger partial charge in [-0.05, 0) is 38.4 Å². The molecule has 0 unspecified atom stereocenters. The molecule has 1 saturated heterocycles. The molecule has 21 heavy (non-hydrogen) atoms. The van der Waals surface area contributed by atoms with Crippen LogP contribution in [-0.4, -0.2) is 37.7 Å². The van der Waals surface area contributed by atoms with Gasteiger partial charge in [0.1, 0.15) is 0 Å². The zero-order chi connectivity index (χ0) is 15.0. The minimum Gasteiger partial charge on any atom is -0.466 e. The molecule has 1 fully saturated rings. The number of para-hydroxylation sites is 1. The van der Waals surface area contributed by atoms with Gasteiger partial charge in [-0.15, -0.1) is 0 Å². The van der Waals surface area contributed by atoms with Crippen molar-refractivity contribution in [1.82, 2.24) is 4.90 Å². The SMILES string of the molecule is COC(=O)C(C)=CC[C@@]12CCN(C)[C@@H]1Nc1ccccc12. The number of benzene rings is 1. The quantitative estimate of drug-likeness (QED) is 0.685. The molecule has 0 aliphatic carbocycles. The standard InChI is InChI=1S/C17H22N2O2/c1-12(15(20)21-3)8-9-17-10-11-19(2)16(17)18-14-7-5-4-6-13(14)17/h4-8,16,18H,9-11H2,1-3H3/t16-,17-/m0/s1. The number of hydrogen-bond acceptors (Lipinski definition) is 4. The summed E-state index contributed by atoms with van der Waals surface area (Å²) < 4.78 is 4.79. The zero-order valence-corrected chi connectivity index (χ0v) is 12.8. The summed E-state index contributed by atoms with van der Waals surface area (Å²) in [7, 11) is 3.58. The fraction of sp³-hybridized carbons (Fsp3) is 0.471. The molecule has 0 amide bonds. The smallest absolute Gasteiger partial charge is 0.333 e. The van der Waals surface area contributed by atoms with Crippen molar-refractivity contribution >= 4 is 11.7 Å². The Bertz CT molecular complexity index is 596. The van der Waals surface area contributed by atoms with Gasteiger partial charge in [0.05, 0.1) is 13.3 Å². The molecule has 0 aromatic heterocycles. The lowest BCUT2D eigenvalue weighted by molar-refractivity contribution is -0.136. The molecule has 3 rings (SSSR count). The number of allylic oxidation sites excluding steroid dienone is 1. The van der Waals surface area contributed by atoms with Gasteiger partial charge < -0.3 is 10.1 Å². The molecular weight excluding hydrogens is 264 g/mol. The van der Waals surface area contributed by atoms with Gasteiger partial charge in [0.2, 0.25) is 0 Å². The predicted octanol–water partition coefficient (Wildman–Crippen LogP) is 2.52. The van der Waals surface area contributed by atoms with Gasteiger partial charge in [-0.1, -0.05) is 24.3 Å². The van der Waals surface area contributed by atoms with Crippen molar-refractivity contribution in [3.8, 4) is 0 Å². The van der Waals surface area contributed by atoms with Gasteiger partial charge in [-0.25, -0.2) is 4.79 Å². The molecule has 2 heterocycles. The Morgan fingerprint density at radius 2 is 2.29 bits per heavy atom. The average Bonchev–Trinajstić information content (AvgIpc) is 3.00.